The highest BCUT2D eigenvalue weighted by molar-refractivity contribution is 5.82. The summed E-state index contributed by atoms with van der Waals surface area (Å²) in [6, 6.07) is 8.85. The largest absolute Gasteiger partial charge is 0.394 e. The maximum absolute atomic E-state index is 12.1. The van der Waals surface area contributed by atoms with Gasteiger partial charge in [0.15, 0.2) is 0 Å². The van der Waals surface area contributed by atoms with E-state index in [1.54, 1.807) is 7.11 Å². The molecule has 0 spiro atoms. The molecule has 3 atom stereocenters. The minimum Gasteiger partial charge on any atom is -0.394 e. The van der Waals surface area contributed by atoms with Crippen molar-refractivity contribution in [1.29, 1.82) is 0 Å². The molecular weight excluding hydrogens is 244 g/mol. The van der Waals surface area contributed by atoms with Gasteiger partial charge < -0.3 is 20.5 Å². The van der Waals surface area contributed by atoms with Crippen LogP contribution < -0.4 is 10.6 Å². The van der Waals surface area contributed by atoms with E-state index in [0.29, 0.717) is 13.0 Å². The van der Waals surface area contributed by atoms with E-state index >= 15 is 0 Å². The van der Waals surface area contributed by atoms with E-state index in [1.165, 1.54) is 0 Å². The molecule has 1 saturated heterocycles. The summed E-state index contributed by atoms with van der Waals surface area (Å²) in [5, 5.41) is 15.4. The van der Waals surface area contributed by atoms with Gasteiger partial charge in [-0.15, -0.1) is 0 Å². The number of rotatable bonds is 5. The van der Waals surface area contributed by atoms with Crippen molar-refractivity contribution in [3.8, 4) is 0 Å². The first-order valence-electron chi connectivity index (χ1n) is 6.47. The minimum absolute atomic E-state index is 0.0834. The van der Waals surface area contributed by atoms with E-state index in [4.69, 9.17) is 4.74 Å². The highest BCUT2D eigenvalue weighted by atomic mass is 16.5. The molecule has 3 N–H and O–H groups in total. The van der Waals surface area contributed by atoms with E-state index < -0.39 is 0 Å². The van der Waals surface area contributed by atoms with Crippen molar-refractivity contribution < 1.29 is 14.6 Å². The summed E-state index contributed by atoms with van der Waals surface area (Å²) in [7, 11) is 1.65. The first-order valence-corrected chi connectivity index (χ1v) is 6.47. The van der Waals surface area contributed by atoms with Crippen LogP contribution >= 0.6 is 0 Å². The van der Waals surface area contributed by atoms with E-state index in [-0.39, 0.29) is 30.7 Å². The summed E-state index contributed by atoms with van der Waals surface area (Å²) in [6.45, 7) is 0.569. The number of aliphatic hydroxyl groups excluding tert-OH is 1. The molecule has 1 aromatic rings. The fraction of sp³-hybridized carbons (Fsp3) is 0.500. The number of carbonyl (C=O) groups excluding carboxylic acids is 1. The Labute approximate surface area is 113 Å². The Morgan fingerprint density at radius 1 is 1.53 bits per heavy atom. The Balaban J connectivity index is 1.94. The molecule has 2 rings (SSSR count). The summed E-state index contributed by atoms with van der Waals surface area (Å²) in [5.41, 5.74) is 0.902. The second-order valence-electron chi connectivity index (χ2n) is 4.71. The van der Waals surface area contributed by atoms with Crippen molar-refractivity contribution in [2.75, 3.05) is 20.3 Å². The molecular formula is C14H20N2O3. The normalized spacial score (nSPS) is 24.1. The molecule has 0 saturated carbocycles. The lowest BCUT2D eigenvalue weighted by atomic mass is 10.1. The first-order chi connectivity index (χ1) is 9.24. The van der Waals surface area contributed by atoms with Crippen molar-refractivity contribution in [1.82, 2.24) is 10.6 Å². The monoisotopic (exact) mass is 264 g/mol. The van der Waals surface area contributed by atoms with Gasteiger partial charge in [0.05, 0.1) is 24.8 Å². The molecule has 5 nitrogen and oxygen atoms in total. The van der Waals surface area contributed by atoms with Crippen molar-refractivity contribution >= 4 is 5.91 Å². The fourth-order valence-corrected chi connectivity index (χ4v) is 2.27. The lowest BCUT2D eigenvalue weighted by molar-refractivity contribution is -0.124. The van der Waals surface area contributed by atoms with Crippen LogP contribution in [0, 0.1) is 0 Å². The van der Waals surface area contributed by atoms with Crippen LogP contribution in [0.2, 0.25) is 0 Å². The van der Waals surface area contributed by atoms with Crippen molar-refractivity contribution in [3.05, 3.63) is 35.9 Å². The van der Waals surface area contributed by atoms with Gasteiger partial charge in [0.2, 0.25) is 5.91 Å². The molecule has 5 heteroatoms. The van der Waals surface area contributed by atoms with Crippen molar-refractivity contribution in [2.24, 2.45) is 0 Å². The number of nitrogens with one attached hydrogen (secondary N) is 2. The Morgan fingerprint density at radius 2 is 2.26 bits per heavy atom. The lowest BCUT2D eigenvalue weighted by Crippen LogP contribution is -2.42. The molecule has 19 heavy (non-hydrogen) atoms. The van der Waals surface area contributed by atoms with Crippen molar-refractivity contribution in [2.45, 2.75) is 24.6 Å². The second-order valence-corrected chi connectivity index (χ2v) is 4.71. The zero-order valence-electron chi connectivity index (χ0n) is 11.0. The van der Waals surface area contributed by atoms with Gasteiger partial charge in [-0.2, -0.15) is 0 Å². The van der Waals surface area contributed by atoms with Gasteiger partial charge >= 0.3 is 0 Å². The Bertz CT molecular complexity index is 410. The third kappa shape index (κ3) is 3.53. The quantitative estimate of drug-likeness (QED) is 0.711. The summed E-state index contributed by atoms with van der Waals surface area (Å²) in [6.07, 6.45) is 0.745. The fourth-order valence-electron chi connectivity index (χ4n) is 2.27. The molecule has 1 fully saturated rings. The van der Waals surface area contributed by atoms with Crippen LogP contribution in [0.4, 0.5) is 0 Å². The van der Waals surface area contributed by atoms with Crippen LogP contribution in [0.3, 0.4) is 0 Å². The van der Waals surface area contributed by atoms with Gasteiger partial charge in [-0.05, 0) is 12.0 Å². The van der Waals surface area contributed by atoms with Gasteiger partial charge in [0, 0.05) is 13.7 Å². The predicted molar refractivity (Wildman–Crippen MR) is 71.6 cm³/mol. The molecule has 0 bridgehead atoms. The van der Waals surface area contributed by atoms with Gasteiger partial charge in [-0.25, -0.2) is 0 Å². The Kier molecular flexibility index (Phi) is 4.90. The van der Waals surface area contributed by atoms with E-state index in [0.717, 1.165) is 5.56 Å². The second kappa shape index (κ2) is 6.65. The summed E-state index contributed by atoms with van der Waals surface area (Å²) >= 11 is 0. The summed E-state index contributed by atoms with van der Waals surface area (Å²) < 4.78 is 5.22. The third-order valence-electron chi connectivity index (χ3n) is 3.44. The SMILES string of the molecule is COC1CNC(C(=O)N[C@H](CO)c2ccccc2)C1. The smallest absolute Gasteiger partial charge is 0.237 e. The van der Waals surface area contributed by atoms with Crippen LogP contribution in [0.25, 0.3) is 0 Å². The molecule has 0 aliphatic carbocycles. The third-order valence-corrected chi connectivity index (χ3v) is 3.44. The number of methoxy groups -OCH3 is 1. The molecule has 0 aromatic heterocycles. The maximum Gasteiger partial charge on any atom is 0.237 e. The molecule has 1 heterocycles. The average molecular weight is 264 g/mol. The molecule has 1 aliphatic heterocycles. The topological polar surface area (TPSA) is 70.6 Å². The Morgan fingerprint density at radius 3 is 2.84 bits per heavy atom. The van der Waals surface area contributed by atoms with Crippen LogP contribution in [-0.4, -0.2) is 43.4 Å². The molecule has 1 aromatic carbocycles. The van der Waals surface area contributed by atoms with E-state index in [9.17, 15) is 9.90 Å². The van der Waals surface area contributed by atoms with Gasteiger partial charge in [-0.3, -0.25) is 4.79 Å². The summed E-state index contributed by atoms with van der Waals surface area (Å²) in [4.78, 5) is 12.1. The van der Waals surface area contributed by atoms with Crippen LogP contribution in [0.1, 0.15) is 18.0 Å². The molecule has 104 valence electrons. The molecule has 0 radical (unpaired) electrons. The van der Waals surface area contributed by atoms with Crippen LogP contribution in [-0.2, 0) is 9.53 Å². The molecule has 2 unspecified atom stereocenters. The minimum atomic E-state index is -0.364. The van der Waals surface area contributed by atoms with Gasteiger partial charge in [0.1, 0.15) is 0 Å². The van der Waals surface area contributed by atoms with Crippen LogP contribution in [0.15, 0.2) is 30.3 Å². The zero-order valence-corrected chi connectivity index (χ0v) is 11.0. The standard InChI is InChI=1S/C14H20N2O3/c1-19-11-7-12(15-8-11)14(18)16-13(9-17)10-5-3-2-4-6-10/h2-6,11-13,15,17H,7-9H2,1H3,(H,16,18)/t11?,12?,13-/m1/s1. The molecule has 1 amide bonds. The number of hydrogen-bond donors (Lipinski definition) is 3. The predicted octanol–water partition coefficient (Wildman–Crippen LogP) is 0.213. The highest BCUT2D eigenvalue weighted by Gasteiger charge is 2.30. The average Bonchev–Trinajstić information content (AvgIpc) is 2.94. The number of carbonyl (C=O) groups is 1. The lowest BCUT2D eigenvalue weighted by Gasteiger charge is -2.19. The number of benzene rings is 1. The zero-order chi connectivity index (χ0) is 13.7. The van der Waals surface area contributed by atoms with E-state index in [1.807, 2.05) is 30.3 Å². The first kappa shape index (κ1) is 14.0. The summed E-state index contributed by atoms with van der Waals surface area (Å²) in [5.74, 6) is -0.0950. The van der Waals surface area contributed by atoms with Gasteiger partial charge in [-0.1, -0.05) is 30.3 Å². The Hall–Kier alpha value is -1.43. The number of hydrogen-bond acceptors (Lipinski definition) is 4. The van der Waals surface area contributed by atoms with Crippen molar-refractivity contribution in [3.63, 3.8) is 0 Å². The number of amides is 1. The highest BCUT2D eigenvalue weighted by Crippen LogP contribution is 2.14. The van der Waals surface area contributed by atoms with E-state index in [2.05, 4.69) is 10.6 Å². The molecule has 1 aliphatic rings. The van der Waals surface area contributed by atoms with Crippen LogP contribution in [0.5, 0.6) is 0 Å². The van der Waals surface area contributed by atoms with Gasteiger partial charge in [0.25, 0.3) is 0 Å². The maximum atomic E-state index is 12.1. The number of aliphatic hydroxyl groups is 1. The number of ether oxygens (including phenoxy) is 1.